The molecule has 0 radical (unpaired) electrons. The molecule has 1 aliphatic heterocycles. The fourth-order valence-electron chi connectivity index (χ4n) is 2.15. The third-order valence-electron chi connectivity index (χ3n) is 3.34. The Morgan fingerprint density at radius 1 is 1.42 bits per heavy atom. The molecule has 1 saturated heterocycles. The summed E-state index contributed by atoms with van der Waals surface area (Å²) in [5.74, 6) is -1.13. The summed E-state index contributed by atoms with van der Waals surface area (Å²) in [4.78, 5) is 26.1. The van der Waals surface area contributed by atoms with Crippen LogP contribution >= 0.6 is 11.3 Å². The number of morpholine rings is 1. The van der Waals surface area contributed by atoms with Crippen molar-refractivity contribution >= 4 is 23.2 Å². The Hall–Kier alpha value is -1.40. The molecule has 104 valence electrons. The number of aliphatic carboxylic acids is 1. The van der Waals surface area contributed by atoms with Crippen molar-refractivity contribution in [1.82, 2.24) is 4.90 Å². The van der Waals surface area contributed by atoms with Gasteiger partial charge >= 0.3 is 5.97 Å². The normalized spacial score (nSPS) is 23.4. The number of amides is 1. The van der Waals surface area contributed by atoms with Crippen LogP contribution in [-0.4, -0.2) is 47.2 Å². The minimum absolute atomic E-state index is 0.104. The van der Waals surface area contributed by atoms with Crippen LogP contribution in [0.4, 0.5) is 0 Å². The number of carboxylic acids is 1. The van der Waals surface area contributed by atoms with Crippen LogP contribution < -0.4 is 0 Å². The zero-order valence-electron chi connectivity index (χ0n) is 11.2. The summed E-state index contributed by atoms with van der Waals surface area (Å²) in [5, 5.41) is 10.9. The Balaban J connectivity index is 2.19. The van der Waals surface area contributed by atoms with E-state index in [0.717, 1.165) is 10.4 Å². The van der Waals surface area contributed by atoms with E-state index < -0.39 is 12.1 Å². The predicted molar refractivity (Wildman–Crippen MR) is 71.7 cm³/mol. The first kappa shape index (κ1) is 14.0. The number of ether oxygens (including phenoxy) is 1. The number of thiophene rings is 1. The summed E-state index contributed by atoms with van der Waals surface area (Å²) in [7, 11) is 0. The summed E-state index contributed by atoms with van der Waals surface area (Å²) < 4.78 is 5.31. The molecule has 2 atom stereocenters. The van der Waals surface area contributed by atoms with Gasteiger partial charge in [-0.25, -0.2) is 4.79 Å². The lowest BCUT2D eigenvalue weighted by molar-refractivity contribution is -0.160. The van der Waals surface area contributed by atoms with Gasteiger partial charge in [-0.15, -0.1) is 11.3 Å². The third-order valence-corrected chi connectivity index (χ3v) is 4.35. The zero-order chi connectivity index (χ0) is 14.2. The minimum Gasteiger partial charge on any atom is -0.479 e. The van der Waals surface area contributed by atoms with Gasteiger partial charge in [-0.3, -0.25) is 4.79 Å². The van der Waals surface area contributed by atoms with E-state index in [4.69, 9.17) is 9.84 Å². The maximum atomic E-state index is 12.4. The maximum absolute atomic E-state index is 12.4. The standard InChI is InChI=1S/C13H17NO4S/c1-7-4-14(5-11(18-7)13(16)17)12(15)10-6-19-9(3)8(10)2/h6-7,11H,4-5H2,1-3H3,(H,16,17)/t7-,11?/m1/s1. The van der Waals surface area contributed by atoms with Crippen LogP contribution in [0.3, 0.4) is 0 Å². The van der Waals surface area contributed by atoms with Crippen LogP contribution in [0, 0.1) is 13.8 Å². The number of carboxylic acid groups (broad SMARTS) is 1. The molecule has 2 rings (SSSR count). The van der Waals surface area contributed by atoms with Crippen molar-refractivity contribution in [1.29, 1.82) is 0 Å². The summed E-state index contributed by atoms with van der Waals surface area (Å²) in [6, 6.07) is 0. The molecule has 1 aliphatic rings. The van der Waals surface area contributed by atoms with E-state index >= 15 is 0 Å². The number of hydrogen-bond donors (Lipinski definition) is 1. The van der Waals surface area contributed by atoms with Crippen LogP contribution in [0.25, 0.3) is 0 Å². The van der Waals surface area contributed by atoms with Gasteiger partial charge in [-0.1, -0.05) is 0 Å². The van der Waals surface area contributed by atoms with Crippen molar-refractivity contribution in [3.63, 3.8) is 0 Å². The fraction of sp³-hybridized carbons (Fsp3) is 0.538. The minimum atomic E-state index is -1.03. The molecule has 1 aromatic heterocycles. The Bertz CT molecular complexity index is 511. The largest absolute Gasteiger partial charge is 0.479 e. The van der Waals surface area contributed by atoms with Gasteiger partial charge in [-0.2, -0.15) is 0 Å². The van der Waals surface area contributed by atoms with Gasteiger partial charge in [0, 0.05) is 16.8 Å². The van der Waals surface area contributed by atoms with E-state index in [1.807, 2.05) is 19.2 Å². The molecule has 5 nitrogen and oxygen atoms in total. The highest BCUT2D eigenvalue weighted by Gasteiger charge is 2.33. The molecular formula is C13H17NO4S. The highest BCUT2D eigenvalue weighted by Crippen LogP contribution is 2.23. The summed E-state index contributed by atoms with van der Waals surface area (Å²) >= 11 is 1.54. The predicted octanol–water partition coefficient (Wildman–Crippen LogP) is 1.68. The van der Waals surface area contributed by atoms with Gasteiger partial charge < -0.3 is 14.7 Å². The summed E-state index contributed by atoms with van der Waals surface area (Å²) in [6.45, 7) is 6.20. The van der Waals surface area contributed by atoms with Crippen molar-refractivity contribution in [3.8, 4) is 0 Å². The van der Waals surface area contributed by atoms with E-state index in [1.165, 1.54) is 11.3 Å². The average molecular weight is 283 g/mol. The highest BCUT2D eigenvalue weighted by atomic mass is 32.1. The molecule has 0 aliphatic carbocycles. The molecule has 1 fully saturated rings. The number of carbonyl (C=O) groups is 2. The highest BCUT2D eigenvalue weighted by molar-refractivity contribution is 7.10. The van der Waals surface area contributed by atoms with E-state index in [2.05, 4.69) is 0 Å². The van der Waals surface area contributed by atoms with Crippen LogP contribution in [0.5, 0.6) is 0 Å². The summed E-state index contributed by atoms with van der Waals surface area (Å²) in [6.07, 6.45) is -1.20. The van der Waals surface area contributed by atoms with Crippen molar-refractivity contribution in [2.45, 2.75) is 33.0 Å². The second-order valence-electron chi connectivity index (χ2n) is 4.81. The first-order valence-corrected chi connectivity index (χ1v) is 7.00. The molecule has 6 heteroatoms. The van der Waals surface area contributed by atoms with Crippen molar-refractivity contribution < 1.29 is 19.4 Å². The Morgan fingerprint density at radius 3 is 2.63 bits per heavy atom. The average Bonchev–Trinajstić information content (AvgIpc) is 2.68. The lowest BCUT2D eigenvalue weighted by atomic mass is 10.1. The van der Waals surface area contributed by atoms with E-state index in [1.54, 1.807) is 11.8 Å². The van der Waals surface area contributed by atoms with Gasteiger partial charge in [0.15, 0.2) is 6.10 Å². The third kappa shape index (κ3) is 2.79. The molecule has 0 bridgehead atoms. The molecule has 1 unspecified atom stereocenters. The molecule has 1 amide bonds. The van der Waals surface area contributed by atoms with Gasteiger partial charge in [0.25, 0.3) is 5.91 Å². The van der Waals surface area contributed by atoms with E-state index in [9.17, 15) is 9.59 Å². The van der Waals surface area contributed by atoms with Crippen molar-refractivity contribution in [3.05, 3.63) is 21.4 Å². The lowest BCUT2D eigenvalue weighted by Crippen LogP contribution is -2.51. The molecule has 2 heterocycles. The number of hydrogen-bond acceptors (Lipinski definition) is 4. The number of rotatable bonds is 2. The van der Waals surface area contributed by atoms with Gasteiger partial charge in [0.2, 0.25) is 0 Å². The van der Waals surface area contributed by atoms with Crippen LogP contribution in [0.1, 0.15) is 27.7 Å². The molecule has 0 saturated carbocycles. The maximum Gasteiger partial charge on any atom is 0.334 e. The van der Waals surface area contributed by atoms with Gasteiger partial charge in [0.05, 0.1) is 18.2 Å². The monoisotopic (exact) mass is 283 g/mol. The number of aryl methyl sites for hydroxylation is 1. The first-order chi connectivity index (χ1) is 8.90. The van der Waals surface area contributed by atoms with Crippen LogP contribution in [0.2, 0.25) is 0 Å². The van der Waals surface area contributed by atoms with Crippen molar-refractivity contribution in [2.75, 3.05) is 13.1 Å². The molecule has 0 aromatic carbocycles. The molecule has 19 heavy (non-hydrogen) atoms. The Labute approximate surface area is 115 Å². The van der Waals surface area contributed by atoms with E-state index in [-0.39, 0.29) is 18.6 Å². The van der Waals surface area contributed by atoms with E-state index in [0.29, 0.717) is 12.1 Å². The van der Waals surface area contributed by atoms with Gasteiger partial charge in [0.1, 0.15) is 0 Å². The second-order valence-corrected chi connectivity index (χ2v) is 5.90. The zero-order valence-corrected chi connectivity index (χ0v) is 12.0. The SMILES string of the molecule is Cc1scc(C(=O)N2CC(C(=O)O)O[C@H](C)C2)c1C. The fourth-order valence-corrected chi connectivity index (χ4v) is 3.01. The Morgan fingerprint density at radius 2 is 2.11 bits per heavy atom. The topological polar surface area (TPSA) is 66.8 Å². The quantitative estimate of drug-likeness (QED) is 0.896. The molecule has 0 spiro atoms. The molecular weight excluding hydrogens is 266 g/mol. The Kier molecular flexibility index (Phi) is 3.91. The number of carbonyl (C=O) groups excluding carboxylic acids is 1. The molecule has 1 N–H and O–H groups in total. The first-order valence-electron chi connectivity index (χ1n) is 6.12. The second kappa shape index (κ2) is 5.30. The lowest BCUT2D eigenvalue weighted by Gasteiger charge is -2.35. The smallest absolute Gasteiger partial charge is 0.334 e. The summed E-state index contributed by atoms with van der Waals surface area (Å²) in [5.41, 5.74) is 1.64. The van der Waals surface area contributed by atoms with Gasteiger partial charge in [-0.05, 0) is 26.3 Å². The van der Waals surface area contributed by atoms with Crippen molar-refractivity contribution in [2.24, 2.45) is 0 Å². The van der Waals surface area contributed by atoms with Crippen LogP contribution in [-0.2, 0) is 9.53 Å². The van der Waals surface area contributed by atoms with Crippen LogP contribution in [0.15, 0.2) is 5.38 Å². The molecule has 1 aromatic rings. The number of nitrogens with zero attached hydrogens (tertiary/aromatic N) is 1.